The van der Waals surface area contributed by atoms with Crippen molar-refractivity contribution in [1.82, 2.24) is 9.78 Å². The summed E-state index contributed by atoms with van der Waals surface area (Å²) in [5.41, 5.74) is 9.29. The Bertz CT molecular complexity index is 534. The highest BCUT2D eigenvalue weighted by Crippen LogP contribution is 2.23. The average Bonchev–Trinajstić information content (AvgIpc) is 2.75. The lowest BCUT2D eigenvalue weighted by Crippen LogP contribution is -2.21. The summed E-state index contributed by atoms with van der Waals surface area (Å²) < 4.78 is 2.93. The van der Waals surface area contributed by atoms with E-state index in [9.17, 15) is 0 Å². The van der Waals surface area contributed by atoms with E-state index in [0.29, 0.717) is 0 Å². The lowest BCUT2D eigenvalue weighted by molar-refractivity contribution is 0.646. The third-order valence-electron chi connectivity index (χ3n) is 3.00. The number of hydrogen-bond acceptors (Lipinski definition) is 2. The Hall–Kier alpha value is -1.13. The lowest BCUT2D eigenvalue weighted by Gasteiger charge is -2.11. The van der Waals surface area contributed by atoms with E-state index in [1.54, 1.807) is 0 Å². The summed E-state index contributed by atoms with van der Waals surface area (Å²) in [5, 5.41) is 4.41. The maximum absolute atomic E-state index is 5.97. The van der Waals surface area contributed by atoms with Crippen LogP contribution in [0.25, 0.3) is 5.69 Å². The van der Waals surface area contributed by atoms with Crippen molar-refractivity contribution in [1.29, 1.82) is 0 Å². The highest BCUT2D eigenvalue weighted by molar-refractivity contribution is 9.10. The van der Waals surface area contributed by atoms with Crippen LogP contribution in [0.2, 0.25) is 0 Å². The van der Waals surface area contributed by atoms with E-state index in [-0.39, 0.29) is 6.04 Å². The topological polar surface area (TPSA) is 43.8 Å². The van der Waals surface area contributed by atoms with Gasteiger partial charge in [-0.2, -0.15) is 5.10 Å². The molecular formula is C14H18BrN3. The molecule has 4 heteroatoms. The van der Waals surface area contributed by atoms with E-state index < -0.39 is 0 Å². The molecule has 0 amide bonds. The summed E-state index contributed by atoms with van der Waals surface area (Å²) in [6.07, 6.45) is 3.87. The summed E-state index contributed by atoms with van der Waals surface area (Å²) in [6, 6.07) is 8.55. The van der Waals surface area contributed by atoms with E-state index in [1.807, 2.05) is 23.9 Å². The number of aryl methyl sites for hydroxylation is 1. The molecule has 0 bridgehead atoms. The van der Waals surface area contributed by atoms with Crippen LogP contribution in [0, 0.1) is 6.92 Å². The predicted octanol–water partition coefficient (Wildman–Crippen LogP) is 3.22. The van der Waals surface area contributed by atoms with Gasteiger partial charge in [-0.05, 0) is 59.5 Å². The fourth-order valence-electron chi connectivity index (χ4n) is 1.86. The van der Waals surface area contributed by atoms with Gasteiger partial charge in [-0.25, -0.2) is 4.68 Å². The Morgan fingerprint density at radius 1 is 1.39 bits per heavy atom. The quantitative estimate of drug-likeness (QED) is 0.942. The van der Waals surface area contributed by atoms with Gasteiger partial charge in [-0.1, -0.05) is 13.0 Å². The first-order valence-electron chi connectivity index (χ1n) is 6.16. The van der Waals surface area contributed by atoms with E-state index in [0.717, 1.165) is 28.7 Å². The number of benzene rings is 1. The predicted molar refractivity (Wildman–Crippen MR) is 78.0 cm³/mol. The zero-order valence-corrected chi connectivity index (χ0v) is 12.3. The second-order valence-electron chi connectivity index (χ2n) is 4.56. The van der Waals surface area contributed by atoms with Crippen molar-refractivity contribution in [2.45, 2.75) is 32.7 Å². The maximum Gasteiger partial charge on any atom is 0.0787 e. The monoisotopic (exact) mass is 307 g/mol. The van der Waals surface area contributed by atoms with Crippen LogP contribution in [0.5, 0.6) is 0 Å². The number of halogens is 1. The van der Waals surface area contributed by atoms with Gasteiger partial charge in [-0.15, -0.1) is 0 Å². The molecule has 1 aromatic heterocycles. The molecule has 0 spiro atoms. The SMILES string of the molecule is CCC(N)Cc1ccc(-n2ccc(C)n2)c(Br)c1. The fourth-order valence-corrected chi connectivity index (χ4v) is 2.47. The molecule has 0 fully saturated rings. The molecule has 1 atom stereocenters. The molecule has 96 valence electrons. The zero-order valence-electron chi connectivity index (χ0n) is 10.7. The Kier molecular flexibility index (Phi) is 4.19. The highest BCUT2D eigenvalue weighted by atomic mass is 79.9. The summed E-state index contributed by atoms with van der Waals surface area (Å²) in [7, 11) is 0. The summed E-state index contributed by atoms with van der Waals surface area (Å²) >= 11 is 3.60. The summed E-state index contributed by atoms with van der Waals surface area (Å²) in [5.74, 6) is 0. The van der Waals surface area contributed by atoms with Crippen LogP contribution in [0.4, 0.5) is 0 Å². The number of nitrogens with two attached hydrogens (primary N) is 1. The molecule has 3 nitrogen and oxygen atoms in total. The van der Waals surface area contributed by atoms with Crippen molar-refractivity contribution < 1.29 is 0 Å². The van der Waals surface area contributed by atoms with Crippen LogP contribution in [0.1, 0.15) is 24.6 Å². The van der Waals surface area contributed by atoms with Gasteiger partial charge in [0.25, 0.3) is 0 Å². The first-order chi connectivity index (χ1) is 8.60. The van der Waals surface area contributed by atoms with Crippen LogP contribution in [-0.2, 0) is 6.42 Å². The van der Waals surface area contributed by atoms with Gasteiger partial charge in [0.15, 0.2) is 0 Å². The van der Waals surface area contributed by atoms with E-state index in [4.69, 9.17) is 5.73 Å². The Labute approximate surface area is 116 Å². The van der Waals surface area contributed by atoms with Crippen molar-refractivity contribution in [3.63, 3.8) is 0 Å². The first kappa shape index (κ1) is 13.3. The normalized spacial score (nSPS) is 12.7. The molecular weight excluding hydrogens is 290 g/mol. The van der Waals surface area contributed by atoms with Crippen molar-refractivity contribution in [2.24, 2.45) is 5.73 Å². The van der Waals surface area contributed by atoms with Crippen LogP contribution < -0.4 is 5.73 Å². The zero-order chi connectivity index (χ0) is 13.1. The van der Waals surface area contributed by atoms with Gasteiger partial charge in [0.1, 0.15) is 0 Å². The largest absolute Gasteiger partial charge is 0.327 e. The number of nitrogens with zero attached hydrogens (tertiary/aromatic N) is 2. The van der Waals surface area contributed by atoms with Gasteiger partial charge < -0.3 is 5.73 Å². The lowest BCUT2D eigenvalue weighted by atomic mass is 10.0. The molecule has 2 aromatic rings. The van der Waals surface area contributed by atoms with Gasteiger partial charge >= 0.3 is 0 Å². The molecule has 0 radical (unpaired) electrons. The second-order valence-corrected chi connectivity index (χ2v) is 5.41. The Morgan fingerprint density at radius 3 is 2.72 bits per heavy atom. The van der Waals surface area contributed by atoms with Gasteiger partial charge in [0.2, 0.25) is 0 Å². The molecule has 0 aliphatic heterocycles. The molecule has 0 saturated heterocycles. The number of hydrogen-bond donors (Lipinski definition) is 1. The third-order valence-corrected chi connectivity index (χ3v) is 3.64. The van der Waals surface area contributed by atoms with Crippen LogP contribution in [-0.4, -0.2) is 15.8 Å². The average molecular weight is 308 g/mol. The molecule has 0 aliphatic rings. The molecule has 1 aromatic carbocycles. The standard InChI is InChI=1S/C14H18BrN3/c1-3-12(16)8-11-4-5-14(13(15)9-11)18-7-6-10(2)17-18/h4-7,9,12H,3,8,16H2,1-2H3. The van der Waals surface area contributed by atoms with Crippen LogP contribution >= 0.6 is 15.9 Å². The molecule has 1 unspecified atom stereocenters. The molecule has 0 aliphatic carbocycles. The number of aromatic nitrogens is 2. The van der Waals surface area contributed by atoms with Crippen molar-refractivity contribution in [3.05, 3.63) is 46.2 Å². The van der Waals surface area contributed by atoms with E-state index in [1.165, 1.54) is 5.56 Å². The molecule has 2 N–H and O–H groups in total. The van der Waals surface area contributed by atoms with Gasteiger partial charge in [-0.3, -0.25) is 0 Å². The smallest absolute Gasteiger partial charge is 0.0787 e. The Balaban J connectivity index is 2.25. The summed E-state index contributed by atoms with van der Waals surface area (Å²) in [4.78, 5) is 0. The van der Waals surface area contributed by atoms with Crippen LogP contribution in [0.3, 0.4) is 0 Å². The Morgan fingerprint density at radius 2 is 2.17 bits per heavy atom. The van der Waals surface area contributed by atoms with Gasteiger partial charge in [0, 0.05) is 16.7 Å². The van der Waals surface area contributed by atoms with Gasteiger partial charge in [0.05, 0.1) is 11.4 Å². The maximum atomic E-state index is 5.97. The van der Waals surface area contributed by atoms with Crippen molar-refractivity contribution in [3.8, 4) is 5.69 Å². The van der Waals surface area contributed by atoms with Crippen molar-refractivity contribution in [2.75, 3.05) is 0 Å². The first-order valence-corrected chi connectivity index (χ1v) is 6.96. The molecule has 1 heterocycles. The second kappa shape index (κ2) is 5.67. The minimum atomic E-state index is 0.231. The molecule has 18 heavy (non-hydrogen) atoms. The van der Waals surface area contributed by atoms with Crippen molar-refractivity contribution >= 4 is 15.9 Å². The molecule has 2 rings (SSSR count). The molecule has 0 saturated carbocycles. The minimum absolute atomic E-state index is 0.231. The highest BCUT2D eigenvalue weighted by Gasteiger charge is 2.07. The number of rotatable bonds is 4. The van der Waals surface area contributed by atoms with E-state index in [2.05, 4.69) is 46.2 Å². The van der Waals surface area contributed by atoms with E-state index >= 15 is 0 Å². The van der Waals surface area contributed by atoms with Crippen LogP contribution in [0.15, 0.2) is 34.9 Å². The fraction of sp³-hybridized carbons (Fsp3) is 0.357. The summed E-state index contributed by atoms with van der Waals surface area (Å²) in [6.45, 7) is 4.10. The third kappa shape index (κ3) is 3.00. The minimum Gasteiger partial charge on any atom is -0.327 e.